The Hall–Kier alpha value is -3.12. The number of rotatable bonds is 4. The number of carbonyl (C=O) groups is 3. The lowest BCUT2D eigenvalue weighted by molar-refractivity contribution is -0.133. The van der Waals surface area contributed by atoms with Gasteiger partial charge in [-0.2, -0.15) is 0 Å². The van der Waals surface area contributed by atoms with Crippen LogP contribution in [-0.4, -0.2) is 28.1 Å². The summed E-state index contributed by atoms with van der Waals surface area (Å²) in [6, 6.07) is 5.36. The Balaban J connectivity index is 3.48. The number of azide groups is 1. The highest BCUT2D eigenvalue weighted by molar-refractivity contribution is 6.21. The van der Waals surface area contributed by atoms with E-state index in [1.54, 1.807) is 0 Å². The summed E-state index contributed by atoms with van der Waals surface area (Å²) in [6.07, 6.45) is 0.463. The normalized spacial score (nSPS) is 10.4. The zero-order chi connectivity index (χ0) is 14.4. The molecule has 96 valence electrons. The van der Waals surface area contributed by atoms with E-state index < -0.39 is 23.4 Å². The second-order valence-corrected chi connectivity index (χ2v) is 3.24. The Morgan fingerprint density at radius 1 is 1.16 bits per heavy atom. The number of nitrogens with zero attached hydrogens (tertiary/aromatic N) is 3. The molecule has 19 heavy (non-hydrogen) atoms. The Morgan fingerprint density at radius 3 is 2.21 bits per heavy atom. The largest absolute Gasteiger partial charge is 0.478 e. The third kappa shape index (κ3) is 3.42. The highest BCUT2D eigenvalue weighted by Crippen LogP contribution is 2.20. The summed E-state index contributed by atoms with van der Waals surface area (Å²) >= 11 is 0. The van der Waals surface area contributed by atoms with Crippen molar-refractivity contribution in [3.63, 3.8) is 0 Å². The fourth-order valence-corrected chi connectivity index (χ4v) is 1.38. The van der Waals surface area contributed by atoms with E-state index in [9.17, 15) is 14.4 Å². The fourth-order valence-electron chi connectivity index (χ4n) is 1.38. The molecule has 1 amide bonds. The lowest BCUT2D eigenvalue weighted by Crippen LogP contribution is -2.08. The number of hydrogen-bond donors (Lipinski definition) is 2. The highest BCUT2D eigenvalue weighted by atomic mass is 16.4. The van der Waals surface area contributed by atoms with E-state index in [0.717, 1.165) is 0 Å². The van der Waals surface area contributed by atoms with Crippen LogP contribution in [-0.2, 0) is 9.59 Å². The lowest BCUT2D eigenvalue weighted by atomic mass is 9.99. The van der Waals surface area contributed by atoms with Gasteiger partial charge in [-0.15, -0.1) is 0 Å². The molecule has 0 radical (unpaired) electrons. The predicted octanol–water partition coefficient (Wildman–Crippen LogP) is 1.69. The molecule has 1 rings (SSSR count). The van der Waals surface area contributed by atoms with Gasteiger partial charge in [-0.3, -0.25) is 4.79 Å². The molecular weight excluding hydrogens is 254 g/mol. The molecule has 0 bridgehead atoms. The molecule has 0 spiro atoms. The molecule has 0 atom stereocenters. The first-order valence-electron chi connectivity index (χ1n) is 4.84. The minimum absolute atomic E-state index is 0.130. The molecule has 0 fully saturated rings. The van der Waals surface area contributed by atoms with Gasteiger partial charge in [0, 0.05) is 22.1 Å². The third-order valence-electron chi connectivity index (χ3n) is 2.08. The van der Waals surface area contributed by atoms with Crippen LogP contribution in [0.3, 0.4) is 0 Å². The van der Waals surface area contributed by atoms with E-state index in [4.69, 9.17) is 15.7 Å². The first-order chi connectivity index (χ1) is 8.97. The molecular formula is C11H7N3O5. The maximum Gasteiger partial charge on any atom is 0.336 e. The van der Waals surface area contributed by atoms with Gasteiger partial charge in [0.15, 0.2) is 0 Å². The number of carboxylic acid groups (broad SMARTS) is 2. The van der Waals surface area contributed by atoms with Crippen molar-refractivity contribution in [2.75, 3.05) is 0 Å². The van der Waals surface area contributed by atoms with Crippen LogP contribution in [0.15, 0.2) is 35.5 Å². The second-order valence-electron chi connectivity index (χ2n) is 3.24. The molecule has 0 aromatic heterocycles. The number of hydrogen-bond acceptors (Lipinski definition) is 3. The number of carboxylic acids is 2. The number of aliphatic carboxylic acids is 2. The summed E-state index contributed by atoms with van der Waals surface area (Å²) in [7, 11) is 0. The van der Waals surface area contributed by atoms with Gasteiger partial charge in [-0.1, -0.05) is 24.3 Å². The number of benzene rings is 1. The van der Waals surface area contributed by atoms with Crippen molar-refractivity contribution in [2.45, 2.75) is 0 Å². The smallest absolute Gasteiger partial charge is 0.336 e. The minimum Gasteiger partial charge on any atom is -0.478 e. The average molecular weight is 261 g/mol. The minimum atomic E-state index is -1.51. The highest BCUT2D eigenvalue weighted by Gasteiger charge is 2.18. The molecule has 1 aromatic carbocycles. The summed E-state index contributed by atoms with van der Waals surface area (Å²) in [5.41, 5.74) is 7.30. The van der Waals surface area contributed by atoms with Gasteiger partial charge in [0.25, 0.3) is 0 Å². The topological polar surface area (TPSA) is 140 Å². The van der Waals surface area contributed by atoms with Crippen LogP contribution in [0, 0.1) is 0 Å². The van der Waals surface area contributed by atoms with Crippen molar-refractivity contribution >= 4 is 23.4 Å². The van der Waals surface area contributed by atoms with Gasteiger partial charge in [0.1, 0.15) is 0 Å². The SMILES string of the molecule is [N-]=[N+]=NC(=O)c1ccccc1/C(=C/C(=O)O)C(=O)O. The first kappa shape index (κ1) is 13.9. The third-order valence-corrected chi connectivity index (χ3v) is 2.08. The molecule has 0 saturated heterocycles. The van der Waals surface area contributed by atoms with Crippen LogP contribution in [0.1, 0.15) is 15.9 Å². The maximum atomic E-state index is 11.5. The molecule has 8 nitrogen and oxygen atoms in total. The zero-order valence-corrected chi connectivity index (χ0v) is 9.35. The van der Waals surface area contributed by atoms with E-state index >= 15 is 0 Å². The Kier molecular flexibility index (Phi) is 4.39. The molecule has 0 aliphatic heterocycles. The van der Waals surface area contributed by atoms with Gasteiger partial charge >= 0.3 is 11.9 Å². The average Bonchev–Trinajstić information content (AvgIpc) is 2.36. The summed E-state index contributed by atoms with van der Waals surface area (Å²) < 4.78 is 0. The van der Waals surface area contributed by atoms with Crippen LogP contribution in [0.4, 0.5) is 0 Å². The molecule has 2 N–H and O–H groups in total. The van der Waals surface area contributed by atoms with E-state index in [0.29, 0.717) is 6.08 Å². The molecule has 0 unspecified atom stereocenters. The Bertz CT molecular complexity index is 629. The van der Waals surface area contributed by atoms with E-state index in [1.807, 2.05) is 0 Å². The molecule has 1 aromatic rings. The zero-order valence-electron chi connectivity index (χ0n) is 9.35. The van der Waals surface area contributed by atoms with Gasteiger partial charge in [-0.05, 0) is 10.6 Å². The molecule has 0 heterocycles. The van der Waals surface area contributed by atoms with E-state index in [-0.39, 0.29) is 11.1 Å². The molecule has 8 heteroatoms. The monoisotopic (exact) mass is 261 g/mol. The van der Waals surface area contributed by atoms with Crippen LogP contribution >= 0.6 is 0 Å². The van der Waals surface area contributed by atoms with Crippen molar-refractivity contribution in [1.82, 2.24) is 0 Å². The molecule has 0 aliphatic rings. The number of amides is 1. The summed E-state index contributed by atoms with van der Waals surface area (Å²) in [4.78, 5) is 35.4. The van der Waals surface area contributed by atoms with Crippen molar-refractivity contribution in [3.8, 4) is 0 Å². The molecule has 0 saturated carbocycles. The van der Waals surface area contributed by atoms with Gasteiger partial charge in [0.05, 0.1) is 5.57 Å². The van der Waals surface area contributed by atoms with Crippen molar-refractivity contribution < 1.29 is 24.6 Å². The molecule has 0 aliphatic carbocycles. The van der Waals surface area contributed by atoms with Gasteiger partial charge in [-0.25, -0.2) is 9.59 Å². The standard InChI is InChI=1S/C11H7N3O5/c12-14-13-10(17)7-4-2-1-3-6(7)8(11(18)19)5-9(15)16/h1-5H,(H,15,16)(H,18,19)/b8-5-. The first-order valence-corrected chi connectivity index (χ1v) is 4.84. The van der Waals surface area contributed by atoms with Gasteiger partial charge < -0.3 is 10.2 Å². The summed E-state index contributed by atoms with van der Waals surface area (Å²) in [5, 5.41) is 20.4. The summed E-state index contributed by atoms with van der Waals surface area (Å²) in [6.45, 7) is 0. The lowest BCUT2D eigenvalue weighted by Gasteiger charge is -2.06. The Morgan fingerprint density at radius 2 is 1.74 bits per heavy atom. The van der Waals surface area contributed by atoms with Crippen LogP contribution in [0.25, 0.3) is 16.0 Å². The second kappa shape index (κ2) is 5.99. The predicted molar refractivity (Wildman–Crippen MR) is 63.2 cm³/mol. The maximum absolute atomic E-state index is 11.5. The van der Waals surface area contributed by atoms with Crippen LogP contribution in [0.2, 0.25) is 0 Å². The quantitative estimate of drug-likeness (QED) is 0.367. The van der Waals surface area contributed by atoms with Crippen molar-refractivity contribution in [3.05, 3.63) is 51.9 Å². The summed E-state index contributed by atoms with van der Waals surface area (Å²) in [5.74, 6) is -3.97. The fraction of sp³-hybridized carbons (Fsp3) is 0. The van der Waals surface area contributed by atoms with Gasteiger partial charge in [0.2, 0.25) is 5.91 Å². The van der Waals surface area contributed by atoms with Crippen molar-refractivity contribution in [2.24, 2.45) is 5.11 Å². The van der Waals surface area contributed by atoms with E-state index in [1.165, 1.54) is 24.3 Å². The van der Waals surface area contributed by atoms with Crippen LogP contribution < -0.4 is 0 Å². The Labute approximate surface area is 106 Å². The van der Waals surface area contributed by atoms with Crippen LogP contribution in [0.5, 0.6) is 0 Å². The van der Waals surface area contributed by atoms with Crippen molar-refractivity contribution in [1.29, 1.82) is 0 Å². The van der Waals surface area contributed by atoms with E-state index in [2.05, 4.69) is 10.0 Å². The number of carbonyl (C=O) groups excluding carboxylic acids is 1.